The van der Waals surface area contributed by atoms with Gasteiger partial charge in [0.05, 0.1) is 12.0 Å². The first kappa shape index (κ1) is 12.2. The van der Waals surface area contributed by atoms with Gasteiger partial charge in [0.25, 0.3) is 0 Å². The monoisotopic (exact) mass is 273 g/mol. The van der Waals surface area contributed by atoms with Crippen LogP contribution >= 0.6 is 0 Å². The first-order valence-corrected chi connectivity index (χ1v) is 7.26. The van der Waals surface area contributed by atoms with E-state index in [1.807, 2.05) is 18.2 Å². The van der Waals surface area contributed by atoms with Crippen LogP contribution in [0.4, 0.5) is 0 Å². The minimum absolute atomic E-state index is 0.508. The van der Waals surface area contributed by atoms with Crippen molar-refractivity contribution in [3.63, 3.8) is 0 Å². The second-order valence-corrected chi connectivity index (χ2v) is 6.05. The Morgan fingerprint density at radius 3 is 3.15 bits per heavy atom. The van der Waals surface area contributed by atoms with Gasteiger partial charge in [-0.15, -0.1) is 0 Å². The molecule has 0 aliphatic carbocycles. The Hall–Kier alpha value is -1.59. The van der Waals surface area contributed by atoms with Crippen LogP contribution in [0.2, 0.25) is 0 Å². The number of rotatable bonds is 3. The summed E-state index contributed by atoms with van der Waals surface area (Å²) < 4.78 is 10.7. The summed E-state index contributed by atoms with van der Waals surface area (Å²) in [5.41, 5.74) is 1.49. The van der Waals surface area contributed by atoms with Crippen LogP contribution in [0.1, 0.15) is 18.5 Å². The van der Waals surface area contributed by atoms with Gasteiger partial charge in [0.2, 0.25) is 5.76 Å². The van der Waals surface area contributed by atoms with Crippen molar-refractivity contribution in [1.29, 1.82) is 0 Å². The lowest BCUT2D eigenvalue weighted by Gasteiger charge is -2.22. The third kappa shape index (κ3) is 2.17. The Balaban J connectivity index is 1.43. The van der Waals surface area contributed by atoms with Gasteiger partial charge in [0.1, 0.15) is 0 Å². The lowest BCUT2D eigenvalue weighted by molar-refractivity contribution is 0.262. The zero-order chi connectivity index (χ0) is 13.4. The van der Waals surface area contributed by atoms with Crippen molar-refractivity contribution in [2.45, 2.75) is 19.4 Å². The van der Waals surface area contributed by atoms with E-state index in [0.717, 1.165) is 24.5 Å². The zero-order valence-electron chi connectivity index (χ0n) is 11.5. The predicted molar refractivity (Wildman–Crippen MR) is 74.0 cm³/mol. The molecule has 5 nitrogen and oxygen atoms in total. The van der Waals surface area contributed by atoms with E-state index in [-0.39, 0.29) is 0 Å². The average molecular weight is 273 g/mol. The molecule has 2 fully saturated rings. The maximum Gasteiger partial charge on any atom is 0.202 e. The molecule has 1 N–H and O–H groups in total. The van der Waals surface area contributed by atoms with Crippen molar-refractivity contribution < 1.29 is 8.94 Å². The van der Waals surface area contributed by atoms with Crippen LogP contribution in [0.5, 0.6) is 0 Å². The molecule has 4 heterocycles. The number of nitrogens with zero attached hydrogens (tertiary/aromatic N) is 2. The third-order valence-corrected chi connectivity index (χ3v) is 4.56. The van der Waals surface area contributed by atoms with E-state index >= 15 is 0 Å². The minimum atomic E-state index is 0.508. The lowest BCUT2D eigenvalue weighted by atomic mass is 9.87. The summed E-state index contributed by atoms with van der Waals surface area (Å²) in [4.78, 5) is 2.48. The molecule has 0 bridgehead atoms. The normalized spacial score (nSPS) is 26.8. The van der Waals surface area contributed by atoms with E-state index in [0.29, 0.717) is 11.2 Å². The minimum Gasteiger partial charge on any atom is -0.461 e. The topological polar surface area (TPSA) is 54.4 Å². The van der Waals surface area contributed by atoms with Crippen LogP contribution in [-0.2, 0) is 6.54 Å². The molecular formula is C15H19N3O2. The highest BCUT2D eigenvalue weighted by atomic mass is 16.5. The molecule has 4 rings (SSSR count). The number of hydrogen-bond donors (Lipinski definition) is 1. The zero-order valence-corrected chi connectivity index (χ0v) is 11.5. The molecular weight excluding hydrogens is 254 g/mol. The highest BCUT2D eigenvalue weighted by Crippen LogP contribution is 2.36. The Bertz CT molecular complexity index is 570. The predicted octanol–water partition coefficient (Wildman–Crippen LogP) is 2.12. The molecule has 0 amide bonds. The molecule has 1 unspecified atom stereocenters. The van der Waals surface area contributed by atoms with Gasteiger partial charge < -0.3 is 14.3 Å². The fourth-order valence-electron chi connectivity index (χ4n) is 3.46. The molecule has 0 aromatic carbocycles. The number of hydrogen-bond acceptors (Lipinski definition) is 5. The van der Waals surface area contributed by atoms with Gasteiger partial charge in [-0.25, -0.2) is 0 Å². The summed E-state index contributed by atoms with van der Waals surface area (Å²) in [6.07, 6.45) is 4.25. The number of likely N-dealkylation sites (tertiary alicyclic amines) is 1. The molecule has 20 heavy (non-hydrogen) atoms. The molecule has 2 aliphatic rings. The van der Waals surface area contributed by atoms with E-state index in [9.17, 15) is 0 Å². The van der Waals surface area contributed by atoms with Crippen LogP contribution in [0.3, 0.4) is 0 Å². The van der Waals surface area contributed by atoms with Crippen LogP contribution in [0, 0.1) is 5.41 Å². The first-order chi connectivity index (χ1) is 9.83. The Morgan fingerprint density at radius 1 is 1.35 bits per heavy atom. The van der Waals surface area contributed by atoms with Crippen molar-refractivity contribution >= 4 is 0 Å². The molecule has 2 aliphatic heterocycles. The van der Waals surface area contributed by atoms with Gasteiger partial charge >= 0.3 is 0 Å². The van der Waals surface area contributed by atoms with Crippen LogP contribution in [-0.4, -0.2) is 36.2 Å². The maximum atomic E-state index is 5.35. The molecule has 2 saturated heterocycles. The molecule has 1 atom stereocenters. The van der Waals surface area contributed by atoms with Gasteiger partial charge in [0, 0.05) is 25.7 Å². The highest BCUT2D eigenvalue weighted by molar-refractivity contribution is 5.49. The SMILES string of the molecule is c1coc(-c2cc(CN3CCC4(CCNC4)C3)no2)c1. The molecule has 2 aromatic rings. The lowest BCUT2D eigenvalue weighted by Crippen LogP contribution is -2.29. The highest BCUT2D eigenvalue weighted by Gasteiger charge is 2.40. The van der Waals surface area contributed by atoms with Crippen molar-refractivity contribution in [3.8, 4) is 11.5 Å². The van der Waals surface area contributed by atoms with E-state index in [2.05, 4.69) is 15.4 Å². The smallest absolute Gasteiger partial charge is 0.202 e. The molecule has 1 spiro atoms. The summed E-state index contributed by atoms with van der Waals surface area (Å²) in [5.74, 6) is 1.45. The molecule has 2 aromatic heterocycles. The Kier molecular flexibility index (Phi) is 2.89. The van der Waals surface area contributed by atoms with Gasteiger partial charge in [-0.3, -0.25) is 4.90 Å². The third-order valence-electron chi connectivity index (χ3n) is 4.56. The van der Waals surface area contributed by atoms with E-state index in [4.69, 9.17) is 8.94 Å². The van der Waals surface area contributed by atoms with E-state index < -0.39 is 0 Å². The fourth-order valence-corrected chi connectivity index (χ4v) is 3.46. The summed E-state index contributed by atoms with van der Waals surface area (Å²) in [6.45, 7) is 5.53. The Labute approximate surface area is 117 Å². The van der Waals surface area contributed by atoms with Crippen molar-refractivity contribution in [1.82, 2.24) is 15.4 Å². The summed E-state index contributed by atoms with van der Waals surface area (Å²) in [6, 6.07) is 5.73. The number of nitrogens with one attached hydrogen (secondary N) is 1. The molecule has 0 saturated carbocycles. The number of aromatic nitrogens is 1. The van der Waals surface area contributed by atoms with Gasteiger partial charge in [-0.2, -0.15) is 0 Å². The molecule has 5 heteroatoms. The maximum absolute atomic E-state index is 5.35. The fraction of sp³-hybridized carbons (Fsp3) is 0.533. The second-order valence-electron chi connectivity index (χ2n) is 6.05. The molecule has 106 valence electrons. The summed E-state index contributed by atoms with van der Waals surface area (Å²) in [5, 5.41) is 7.65. The molecule has 0 radical (unpaired) electrons. The van der Waals surface area contributed by atoms with Gasteiger partial charge in [-0.05, 0) is 43.5 Å². The summed E-state index contributed by atoms with van der Waals surface area (Å²) in [7, 11) is 0. The second kappa shape index (κ2) is 4.75. The standard InChI is InChI=1S/C15H19N3O2/c1-2-13(19-7-1)14-8-12(17-20-14)9-18-6-4-15(11-18)3-5-16-10-15/h1-2,7-8,16H,3-6,9-11H2. The number of furan rings is 1. The van der Waals surface area contributed by atoms with Crippen LogP contribution in [0.15, 0.2) is 33.4 Å². The van der Waals surface area contributed by atoms with Crippen molar-refractivity contribution in [3.05, 3.63) is 30.2 Å². The Morgan fingerprint density at radius 2 is 2.35 bits per heavy atom. The van der Waals surface area contributed by atoms with E-state index in [1.165, 1.54) is 32.5 Å². The largest absolute Gasteiger partial charge is 0.461 e. The first-order valence-electron chi connectivity index (χ1n) is 7.26. The average Bonchev–Trinajstić information content (AvgIpc) is 3.21. The quantitative estimate of drug-likeness (QED) is 0.928. The van der Waals surface area contributed by atoms with Crippen molar-refractivity contribution in [2.24, 2.45) is 5.41 Å². The van der Waals surface area contributed by atoms with Gasteiger partial charge in [-0.1, -0.05) is 5.16 Å². The van der Waals surface area contributed by atoms with Crippen LogP contribution in [0.25, 0.3) is 11.5 Å². The van der Waals surface area contributed by atoms with E-state index in [1.54, 1.807) is 6.26 Å². The van der Waals surface area contributed by atoms with Gasteiger partial charge in [0.15, 0.2) is 5.76 Å². The summed E-state index contributed by atoms with van der Waals surface area (Å²) >= 11 is 0. The van der Waals surface area contributed by atoms with Crippen molar-refractivity contribution in [2.75, 3.05) is 26.2 Å². The van der Waals surface area contributed by atoms with Crippen LogP contribution < -0.4 is 5.32 Å².